The summed E-state index contributed by atoms with van der Waals surface area (Å²) in [4.78, 5) is 12.1. The molecule has 4 nitrogen and oxygen atoms in total. The van der Waals surface area contributed by atoms with Gasteiger partial charge in [0.05, 0.1) is 17.9 Å². The SMILES string of the molecule is C[C@H](NC(=O)/C=C/c1cnn(-c2ccccc2)c1)c1cccc(Cl)c1. The van der Waals surface area contributed by atoms with Crippen LogP contribution in [0.5, 0.6) is 0 Å². The molecule has 0 aliphatic carbocycles. The van der Waals surface area contributed by atoms with Crippen LogP contribution in [0.2, 0.25) is 5.02 Å². The largest absolute Gasteiger partial charge is 0.346 e. The first-order valence-electron chi connectivity index (χ1n) is 7.96. The molecule has 0 aliphatic rings. The number of nitrogens with zero attached hydrogens (tertiary/aromatic N) is 2. The van der Waals surface area contributed by atoms with E-state index in [2.05, 4.69) is 10.4 Å². The molecule has 1 atom stereocenters. The summed E-state index contributed by atoms with van der Waals surface area (Å²) in [6, 6.07) is 17.2. The van der Waals surface area contributed by atoms with Gasteiger partial charge in [-0.25, -0.2) is 4.68 Å². The fourth-order valence-electron chi connectivity index (χ4n) is 2.44. The van der Waals surface area contributed by atoms with Crippen molar-refractivity contribution >= 4 is 23.6 Å². The highest BCUT2D eigenvalue weighted by Gasteiger charge is 2.08. The normalized spacial score (nSPS) is 12.2. The van der Waals surface area contributed by atoms with Crippen LogP contribution >= 0.6 is 11.6 Å². The summed E-state index contributed by atoms with van der Waals surface area (Å²) in [5.41, 5.74) is 2.79. The van der Waals surface area contributed by atoms with Crippen LogP contribution in [0.1, 0.15) is 24.1 Å². The van der Waals surface area contributed by atoms with Gasteiger partial charge in [0, 0.05) is 22.9 Å². The maximum absolute atomic E-state index is 12.1. The van der Waals surface area contributed by atoms with Crippen LogP contribution in [0.3, 0.4) is 0 Å². The number of rotatable bonds is 5. The number of carbonyl (C=O) groups excluding carboxylic acids is 1. The molecule has 1 amide bonds. The Hall–Kier alpha value is -2.85. The predicted octanol–water partition coefficient (Wildman–Crippen LogP) is 4.42. The van der Waals surface area contributed by atoms with Gasteiger partial charge in [0.1, 0.15) is 0 Å². The first-order chi connectivity index (χ1) is 12.1. The van der Waals surface area contributed by atoms with Gasteiger partial charge in [-0.15, -0.1) is 0 Å². The van der Waals surface area contributed by atoms with Gasteiger partial charge in [-0.05, 0) is 42.8 Å². The van der Waals surface area contributed by atoms with E-state index in [1.165, 1.54) is 6.08 Å². The van der Waals surface area contributed by atoms with Crippen molar-refractivity contribution in [1.29, 1.82) is 0 Å². The second kappa shape index (κ2) is 7.81. The molecule has 0 radical (unpaired) electrons. The highest BCUT2D eigenvalue weighted by atomic mass is 35.5. The third-order valence-corrected chi connectivity index (χ3v) is 3.99. The number of hydrogen-bond acceptors (Lipinski definition) is 2. The minimum absolute atomic E-state index is 0.122. The number of halogens is 1. The van der Waals surface area contributed by atoms with Crippen molar-refractivity contribution in [3.63, 3.8) is 0 Å². The second-order valence-corrected chi connectivity index (χ2v) is 6.11. The molecular formula is C20H18ClN3O. The molecule has 0 bridgehead atoms. The quantitative estimate of drug-likeness (QED) is 0.692. The van der Waals surface area contributed by atoms with Gasteiger partial charge in [0.15, 0.2) is 0 Å². The Balaban J connectivity index is 1.62. The summed E-state index contributed by atoms with van der Waals surface area (Å²) in [6.07, 6.45) is 6.84. The van der Waals surface area contributed by atoms with Gasteiger partial charge in [0.25, 0.3) is 0 Å². The summed E-state index contributed by atoms with van der Waals surface area (Å²) in [5.74, 6) is -0.167. The lowest BCUT2D eigenvalue weighted by Gasteiger charge is -2.13. The number of aromatic nitrogens is 2. The molecule has 126 valence electrons. The molecule has 1 heterocycles. The van der Waals surface area contributed by atoms with Crippen molar-refractivity contribution in [2.75, 3.05) is 0 Å². The van der Waals surface area contributed by atoms with E-state index >= 15 is 0 Å². The lowest BCUT2D eigenvalue weighted by atomic mass is 10.1. The smallest absolute Gasteiger partial charge is 0.244 e. The molecule has 5 heteroatoms. The Kier molecular flexibility index (Phi) is 5.31. The molecule has 0 spiro atoms. The molecule has 3 aromatic rings. The summed E-state index contributed by atoms with van der Waals surface area (Å²) < 4.78 is 1.77. The van der Waals surface area contributed by atoms with Crippen LogP contribution in [0.4, 0.5) is 0 Å². The van der Waals surface area contributed by atoms with Crippen molar-refractivity contribution in [2.24, 2.45) is 0 Å². The van der Waals surface area contributed by atoms with Gasteiger partial charge in [-0.3, -0.25) is 4.79 Å². The monoisotopic (exact) mass is 351 g/mol. The van der Waals surface area contributed by atoms with Crippen LogP contribution in [0.15, 0.2) is 73.1 Å². The van der Waals surface area contributed by atoms with Crippen LogP contribution in [0, 0.1) is 0 Å². The van der Waals surface area contributed by atoms with Crippen LogP contribution in [-0.2, 0) is 4.79 Å². The number of amides is 1. The van der Waals surface area contributed by atoms with E-state index in [-0.39, 0.29) is 11.9 Å². The van der Waals surface area contributed by atoms with Gasteiger partial charge in [0.2, 0.25) is 5.91 Å². The molecule has 0 fully saturated rings. The fraction of sp³-hybridized carbons (Fsp3) is 0.100. The summed E-state index contributed by atoms with van der Waals surface area (Å²) in [7, 11) is 0. The Morgan fingerprint density at radius 3 is 2.76 bits per heavy atom. The Morgan fingerprint density at radius 1 is 1.20 bits per heavy atom. The third-order valence-electron chi connectivity index (χ3n) is 3.76. The van der Waals surface area contributed by atoms with E-state index in [0.29, 0.717) is 5.02 Å². The van der Waals surface area contributed by atoms with E-state index in [0.717, 1.165) is 16.8 Å². The highest BCUT2D eigenvalue weighted by molar-refractivity contribution is 6.30. The van der Waals surface area contributed by atoms with E-state index in [1.807, 2.05) is 67.7 Å². The topological polar surface area (TPSA) is 46.9 Å². The average Bonchev–Trinajstić information content (AvgIpc) is 3.10. The van der Waals surface area contributed by atoms with Crippen LogP contribution in [0.25, 0.3) is 11.8 Å². The molecular weight excluding hydrogens is 334 g/mol. The van der Waals surface area contributed by atoms with Crippen LogP contribution < -0.4 is 5.32 Å². The van der Waals surface area contributed by atoms with E-state index in [4.69, 9.17) is 11.6 Å². The lowest BCUT2D eigenvalue weighted by molar-refractivity contribution is -0.117. The van der Waals surface area contributed by atoms with Gasteiger partial charge >= 0.3 is 0 Å². The summed E-state index contributed by atoms with van der Waals surface area (Å²) in [5, 5.41) is 7.88. The number of carbonyl (C=O) groups is 1. The van der Waals surface area contributed by atoms with E-state index in [1.54, 1.807) is 17.0 Å². The summed E-state index contributed by atoms with van der Waals surface area (Å²) >= 11 is 5.98. The number of nitrogens with one attached hydrogen (secondary N) is 1. The van der Waals surface area contributed by atoms with E-state index < -0.39 is 0 Å². The van der Waals surface area contributed by atoms with Crippen molar-refractivity contribution in [2.45, 2.75) is 13.0 Å². The Morgan fingerprint density at radius 2 is 2.00 bits per heavy atom. The molecule has 0 saturated carbocycles. The molecule has 25 heavy (non-hydrogen) atoms. The first kappa shape index (κ1) is 17.0. The number of hydrogen-bond donors (Lipinski definition) is 1. The van der Waals surface area contributed by atoms with Gasteiger partial charge in [-0.2, -0.15) is 5.10 Å². The van der Waals surface area contributed by atoms with Crippen molar-refractivity contribution in [3.05, 3.63) is 89.2 Å². The van der Waals surface area contributed by atoms with Gasteiger partial charge in [-0.1, -0.05) is 41.9 Å². The predicted molar refractivity (Wildman–Crippen MR) is 101 cm³/mol. The zero-order valence-corrected chi connectivity index (χ0v) is 14.5. The molecule has 2 aromatic carbocycles. The second-order valence-electron chi connectivity index (χ2n) is 5.67. The Bertz CT molecular complexity index is 887. The Labute approximate surface area is 151 Å². The number of benzene rings is 2. The zero-order chi connectivity index (χ0) is 17.6. The maximum Gasteiger partial charge on any atom is 0.244 e. The zero-order valence-electron chi connectivity index (χ0n) is 13.8. The van der Waals surface area contributed by atoms with Gasteiger partial charge < -0.3 is 5.32 Å². The van der Waals surface area contributed by atoms with Crippen molar-refractivity contribution in [1.82, 2.24) is 15.1 Å². The number of para-hydroxylation sites is 1. The standard InChI is InChI=1S/C20H18ClN3O/c1-15(17-6-5-7-18(21)12-17)23-20(25)11-10-16-13-22-24(14-16)19-8-3-2-4-9-19/h2-15H,1H3,(H,23,25)/b11-10+/t15-/m0/s1. The van der Waals surface area contributed by atoms with Crippen molar-refractivity contribution < 1.29 is 4.79 Å². The molecule has 0 saturated heterocycles. The minimum Gasteiger partial charge on any atom is -0.346 e. The van der Waals surface area contributed by atoms with Crippen LogP contribution in [-0.4, -0.2) is 15.7 Å². The maximum atomic E-state index is 12.1. The molecule has 1 aromatic heterocycles. The molecule has 1 N–H and O–H groups in total. The molecule has 3 rings (SSSR count). The first-order valence-corrected chi connectivity index (χ1v) is 8.34. The van der Waals surface area contributed by atoms with Crippen molar-refractivity contribution in [3.8, 4) is 5.69 Å². The third kappa shape index (κ3) is 4.58. The molecule has 0 aliphatic heterocycles. The fourth-order valence-corrected chi connectivity index (χ4v) is 2.64. The van der Waals surface area contributed by atoms with E-state index in [9.17, 15) is 4.79 Å². The molecule has 0 unspecified atom stereocenters. The highest BCUT2D eigenvalue weighted by Crippen LogP contribution is 2.17. The summed E-state index contributed by atoms with van der Waals surface area (Å²) in [6.45, 7) is 1.92. The lowest BCUT2D eigenvalue weighted by Crippen LogP contribution is -2.24. The minimum atomic E-state index is -0.167. The average molecular weight is 352 g/mol.